The van der Waals surface area contributed by atoms with Gasteiger partial charge >= 0.3 is 0 Å². The maximum atomic E-state index is 11.2. The lowest BCUT2D eigenvalue weighted by molar-refractivity contribution is -0.119. The van der Waals surface area contributed by atoms with E-state index in [0.717, 1.165) is 48.3 Å². The Morgan fingerprint density at radius 3 is 2.32 bits per heavy atom. The summed E-state index contributed by atoms with van der Waals surface area (Å²) in [7, 11) is 0. The predicted octanol–water partition coefficient (Wildman–Crippen LogP) is 4.23. The van der Waals surface area contributed by atoms with Crippen LogP contribution in [0.5, 0.6) is 11.5 Å². The van der Waals surface area contributed by atoms with E-state index in [-0.39, 0.29) is 11.9 Å². The Balaban J connectivity index is 1.18. The standard InChI is InChI=1S/C22H28N2O4/c1-14(23-15(2)25)21-11-22(28-24-21)18-9-17(10-18)13-27-20-7-5-19(6-8-20)26-12-16-3-4-16/h5-8,11,14,16-18H,3-4,9-10,12-13H2,1-2H3,(H,23,25)/t14-,17?,18?/m0/s1. The molecule has 1 amide bonds. The molecule has 1 aromatic heterocycles. The van der Waals surface area contributed by atoms with Gasteiger partial charge in [0, 0.05) is 18.9 Å². The number of aromatic nitrogens is 1. The molecule has 0 radical (unpaired) electrons. The van der Waals surface area contributed by atoms with Crippen LogP contribution in [0.25, 0.3) is 0 Å². The fourth-order valence-corrected chi connectivity index (χ4v) is 3.53. The number of ether oxygens (including phenoxy) is 2. The molecule has 2 aromatic rings. The summed E-state index contributed by atoms with van der Waals surface area (Å²) in [5.74, 6) is 4.30. The van der Waals surface area contributed by atoms with Crippen LogP contribution in [0.2, 0.25) is 0 Å². The topological polar surface area (TPSA) is 73.6 Å². The van der Waals surface area contributed by atoms with E-state index in [1.165, 1.54) is 19.8 Å². The van der Waals surface area contributed by atoms with Crippen molar-refractivity contribution < 1.29 is 18.8 Å². The maximum Gasteiger partial charge on any atom is 0.217 e. The Morgan fingerprint density at radius 1 is 1.14 bits per heavy atom. The molecule has 6 nitrogen and oxygen atoms in total. The van der Waals surface area contributed by atoms with Crippen LogP contribution in [0.1, 0.15) is 62.9 Å². The van der Waals surface area contributed by atoms with Gasteiger partial charge < -0.3 is 19.3 Å². The summed E-state index contributed by atoms with van der Waals surface area (Å²) in [6.07, 6.45) is 4.66. The van der Waals surface area contributed by atoms with Crippen molar-refractivity contribution in [3.05, 3.63) is 41.8 Å². The SMILES string of the molecule is CC(=O)N[C@@H](C)c1cc(C2CC(COc3ccc(OCC4CC4)cc3)C2)on1. The molecule has 28 heavy (non-hydrogen) atoms. The number of hydrogen-bond donors (Lipinski definition) is 1. The number of hydrogen-bond acceptors (Lipinski definition) is 5. The maximum absolute atomic E-state index is 11.2. The molecule has 0 unspecified atom stereocenters. The van der Waals surface area contributed by atoms with Gasteiger partial charge in [0.05, 0.1) is 19.3 Å². The molecular formula is C22H28N2O4. The zero-order valence-electron chi connectivity index (χ0n) is 16.5. The van der Waals surface area contributed by atoms with Crippen molar-refractivity contribution in [2.75, 3.05) is 13.2 Å². The molecule has 0 aliphatic heterocycles. The lowest BCUT2D eigenvalue weighted by Gasteiger charge is -2.33. The molecule has 2 fully saturated rings. The van der Waals surface area contributed by atoms with Crippen molar-refractivity contribution in [2.45, 2.75) is 51.5 Å². The highest BCUT2D eigenvalue weighted by atomic mass is 16.5. The van der Waals surface area contributed by atoms with Crippen molar-refractivity contribution in [1.29, 1.82) is 0 Å². The van der Waals surface area contributed by atoms with Gasteiger partial charge in [-0.1, -0.05) is 5.16 Å². The zero-order chi connectivity index (χ0) is 19.5. The Labute approximate surface area is 165 Å². The quantitative estimate of drug-likeness (QED) is 0.700. The molecule has 2 aliphatic carbocycles. The monoisotopic (exact) mass is 384 g/mol. The second kappa shape index (κ2) is 8.25. The van der Waals surface area contributed by atoms with E-state index in [4.69, 9.17) is 14.0 Å². The van der Waals surface area contributed by atoms with Gasteiger partial charge in [0.2, 0.25) is 5.91 Å². The summed E-state index contributed by atoms with van der Waals surface area (Å²) in [6, 6.07) is 9.74. The fourth-order valence-electron chi connectivity index (χ4n) is 3.53. The molecule has 1 atom stereocenters. The van der Waals surface area contributed by atoms with Crippen molar-refractivity contribution in [3.63, 3.8) is 0 Å². The number of carbonyl (C=O) groups excluding carboxylic acids is 1. The number of nitrogens with zero attached hydrogens (tertiary/aromatic N) is 1. The van der Waals surface area contributed by atoms with Gasteiger partial charge in [0.15, 0.2) is 0 Å². The third-order valence-electron chi connectivity index (χ3n) is 5.54. The van der Waals surface area contributed by atoms with Crippen LogP contribution in [0.3, 0.4) is 0 Å². The molecule has 1 N–H and O–H groups in total. The Bertz CT molecular complexity index is 791. The van der Waals surface area contributed by atoms with E-state index in [2.05, 4.69) is 10.5 Å². The highest BCUT2D eigenvalue weighted by Gasteiger charge is 2.34. The number of benzene rings is 1. The lowest BCUT2D eigenvalue weighted by Crippen LogP contribution is -2.27. The first-order valence-electron chi connectivity index (χ1n) is 10.2. The lowest BCUT2D eigenvalue weighted by atomic mass is 9.74. The van der Waals surface area contributed by atoms with Crippen LogP contribution in [-0.4, -0.2) is 24.3 Å². The van der Waals surface area contributed by atoms with E-state index in [1.807, 2.05) is 37.3 Å². The van der Waals surface area contributed by atoms with E-state index in [1.54, 1.807) is 0 Å². The third kappa shape index (κ3) is 4.86. The minimum Gasteiger partial charge on any atom is -0.493 e. The molecule has 0 spiro atoms. The van der Waals surface area contributed by atoms with Gasteiger partial charge in [0.25, 0.3) is 0 Å². The van der Waals surface area contributed by atoms with Crippen molar-refractivity contribution >= 4 is 5.91 Å². The third-order valence-corrected chi connectivity index (χ3v) is 5.54. The molecule has 0 bridgehead atoms. The van der Waals surface area contributed by atoms with Gasteiger partial charge in [-0.15, -0.1) is 0 Å². The minimum atomic E-state index is -0.134. The van der Waals surface area contributed by atoms with E-state index < -0.39 is 0 Å². The predicted molar refractivity (Wildman–Crippen MR) is 104 cm³/mol. The Morgan fingerprint density at radius 2 is 1.75 bits per heavy atom. The van der Waals surface area contributed by atoms with Crippen LogP contribution in [0, 0.1) is 11.8 Å². The van der Waals surface area contributed by atoms with E-state index >= 15 is 0 Å². The summed E-state index contributed by atoms with van der Waals surface area (Å²) in [5, 5.41) is 6.92. The van der Waals surface area contributed by atoms with Crippen LogP contribution >= 0.6 is 0 Å². The van der Waals surface area contributed by atoms with Crippen molar-refractivity contribution in [3.8, 4) is 11.5 Å². The largest absolute Gasteiger partial charge is 0.493 e. The first-order chi connectivity index (χ1) is 13.6. The molecule has 4 rings (SSSR count). The van der Waals surface area contributed by atoms with Crippen LogP contribution in [0.4, 0.5) is 0 Å². The summed E-state index contributed by atoms with van der Waals surface area (Å²) in [5.41, 5.74) is 0.772. The minimum absolute atomic E-state index is 0.0691. The average Bonchev–Trinajstić information content (AvgIpc) is 3.34. The first-order valence-corrected chi connectivity index (χ1v) is 10.2. The molecule has 2 saturated carbocycles. The molecule has 6 heteroatoms. The number of amides is 1. The smallest absolute Gasteiger partial charge is 0.217 e. The average molecular weight is 384 g/mol. The molecule has 2 aliphatic rings. The van der Waals surface area contributed by atoms with Crippen LogP contribution in [0.15, 0.2) is 34.9 Å². The summed E-state index contributed by atoms with van der Waals surface area (Å²) in [4.78, 5) is 11.2. The van der Waals surface area contributed by atoms with E-state index in [9.17, 15) is 4.79 Å². The number of rotatable bonds is 9. The first kappa shape index (κ1) is 18.8. The summed E-state index contributed by atoms with van der Waals surface area (Å²) in [6.45, 7) is 4.95. The normalized spacial score (nSPS) is 22.2. The second-order valence-corrected chi connectivity index (χ2v) is 8.15. The van der Waals surface area contributed by atoms with Gasteiger partial charge in [-0.3, -0.25) is 4.79 Å². The van der Waals surface area contributed by atoms with E-state index in [0.29, 0.717) is 18.4 Å². The van der Waals surface area contributed by atoms with Crippen molar-refractivity contribution in [2.24, 2.45) is 11.8 Å². The molecule has 150 valence electrons. The number of carbonyl (C=O) groups is 1. The highest BCUT2D eigenvalue weighted by molar-refractivity contribution is 5.73. The summed E-state index contributed by atoms with van der Waals surface area (Å²) >= 11 is 0. The van der Waals surface area contributed by atoms with Gasteiger partial charge in [-0.2, -0.15) is 0 Å². The molecule has 0 saturated heterocycles. The zero-order valence-corrected chi connectivity index (χ0v) is 16.5. The summed E-state index contributed by atoms with van der Waals surface area (Å²) < 4.78 is 17.2. The second-order valence-electron chi connectivity index (χ2n) is 8.15. The van der Waals surface area contributed by atoms with Crippen LogP contribution in [-0.2, 0) is 4.79 Å². The molecule has 1 heterocycles. The van der Waals surface area contributed by atoms with Gasteiger partial charge in [-0.25, -0.2) is 0 Å². The van der Waals surface area contributed by atoms with Crippen molar-refractivity contribution in [1.82, 2.24) is 10.5 Å². The van der Waals surface area contributed by atoms with Crippen LogP contribution < -0.4 is 14.8 Å². The number of nitrogens with one attached hydrogen (secondary N) is 1. The molecule has 1 aromatic carbocycles. The highest BCUT2D eigenvalue weighted by Crippen LogP contribution is 2.42. The van der Waals surface area contributed by atoms with Gasteiger partial charge in [-0.05, 0) is 68.7 Å². The fraction of sp³-hybridized carbons (Fsp3) is 0.545. The Kier molecular flexibility index (Phi) is 5.55. The van der Waals surface area contributed by atoms with Gasteiger partial charge in [0.1, 0.15) is 23.0 Å². The molecular weight excluding hydrogens is 356 g/mol. The Hall–Kier alpha value is -2.50.